The molecule has 1 heterocycles. The summed E-state index contributed by atoms with van der Waals surface area (Å²) in [5, 5.41) is 0.412. The molecule has 0 N–H and O–H groups in total. The van der Waals surface area contributed by atoms with Crippen molar-refractivity contribution in [1.29, 1.82) is 0 Å². The van der Waals surface area contributed by atoms with Gasteiger partial charge in [-0.1, -0.05) is 0 Å². The van der Waals surface area contributed by atoms with Crippen LogP contribution < -0.4 is 19.1 Å². The molecule has 3 rings (SSSR count). The molecule has 0 radical (unpaired) electrons. The number of halogens is 1. The Kier molecular flexibility index (Phi) is 7.56. The van der Waals surface area contributed by atoms with Gasteiger partial charge in [0.25, 0.3) is 5.91 Å². The molecule has 6 nitrogen and oxygen atoms in total. The first-order valence-corrected chi connectivity index (χ1v) is 11.3. The van der Waals surface area contributed by atoms with Crippen LogP contribution in [0.15, 0.2) is 46.6 Å². The minimum Gasteiger partial charge on any atom is -0.494 e. The van der Waals surface area contributed by atoms with Crippen LogP contribution in [-0.2, 0) is 4.79 Å². The summed E-state index contributed by atoms with van der Waals surface area (Å²) in [6, 6.07) is 11.1. The summed E-state index contributed by atoms with van der Waals surface area (Å²) in [5.41, 5.74) is 1.96. The Balaban J connectivity index is 1.95. The zero-order chi connectivity index (χ0) is 22.5. The molecule has 0 bridgehead atoms. The predicted octanol–water partition coefficient (Wildman–Crippen LogP) is 5.25. The van der Waals surface area contributed by atoms with E-state index in [-0.39, 0.29) is 5.91 Å². The molecule has 2 aromatic carbocycles. The fourth-order valence-electron chi connectivity index (χ4n) is 3.22. The third-order valence-electron chi connectivity index (χ3n) is 4.59. The molecule has 0 aliphatic carbocycles. The molecule has 8 heteroatoms. The normalized spacial score (nSPS) is 15.1. The van der Waals surface area contributed by atoms with E-state index in [2.05, 4.69) is 15.9 Å². The van der Waals surface area contributed by atoms with Crippen LogP contribution in [0.4, 0.5) is 5.69 Å². The maximum absolute atomic E-state index is 13.2. The van der Waals surface area contributed by atoms with Crippen molar-refractivity contribution >= 4 is 50.9 Å². The zero-order valence-corrected chi connectivity index (χ0v) is 20.4. The zero-order valence-electron chi connectivity index (χ0n) is 18.0. The van der Waals surface area contributed by atoms with Crippen molar-refractivity contribution in [2.45, 2.75) is 20.8 Å². The Morgan fingerprint density at radius 1 is 1.00 bits per heavy atom. The Labute approximate surface area is 196 Å². The van der Waals surface area contributed by atoms with Crippen LogP contribution in [0.1, 0.15) is 26.3 Å². The quantitative estimate of drug-likeness (QED) is 0.361. The van der Waals surface area contributed by atoms with Crippen LogP contribution in [0.3, 0.4) is 0 Å². The van der Waals surface area contributed by atoms with Crippen molar-refractivity contribution in [2.75, 3.05) is 31.8 Å². The van der Waals surface area contributed by atoms with Crippen molar-refractivity contribution in [3.8, 4) is 17.2 Å². The van der Waals surface area contributed by atoms with Crippen LogP contribution in [0.2, 0.25) is 0 Å². The number of hydrogen-bond acceptors (Lipinski definition) is 5. The number of rotatable bonds is 8. The van der Waals surface area contributed by atoms with E-state index in [0.29, 0.717) is 47.8 Å². The van der Waals surface area contributed by atoms with Gasteiger partial charge >= 0.3 is 0 Å². The van der Waals surface area contributed by atoms with Crippen LogP contribution in [0.5, 0.6) is 17.2 Å². The number of anilines is 1. The average molecular weight is 505 g/mol. The molecule has 1 aliphatic heterocycles. The Bertz CT molecular complexity index is 1010. The molecule has 1 fully saturated rings. The molecule has 1 aliphatic rings. The molecule has 2 aromatic rings. The summed E-state index contributed by atoms with van der Waals surface area (Å²) in [4.78, 5) is 16.5. The SMILES string of the molecule is CCOc1ccc(N2C(=O)/C(=C/c3cc(Br)c(OCC)c(OCC)c3)N(C)C2=S)cc1. The second-order valence-corrected chi connectivity index (χ2v) is 7.85. The number of carbonyl (C=O) groups excluding carboxylic acids is 1. The van der Waals surface area contributed by atoms with Gasteiger partial charge in [0.05, 0.1) is 30.0 Å². The van der Waals surface area contributed by atoms with Gasteiger partial charge < -0.3 is 19.1 Å². The highest BCUT2D eigenvalue weighted by Gasteiger charge is 2.36. The van der Waals surface area contributed by atoms with E-state index in [9.17, 15) is 4.79 Å². The summed E-state index contributed by atoms with van der Waals surface area (Å²) >= 11 is 9.10. The summed E-state index contributed by atoms with van der Waals surface area (Å²) < 4.78 is 17.7. The maximum Gasteiger partial charge on any atom is 0.281 e. The van der Waals surface area contributed by atoms with Gasteiger partial charge in [-0.15, -0.1) is 0 Å². The Morgan fingerprint density at radius 3 is 2.26 bits per heavy atom. The van der Waals surface area contributed by atoms with E-state index < -0.39 is 0 Å². The predicted molar refractivity (Wildman–Crippen MR) is 130 cm³/mol. The molecular formula is C23H25BrN2O4S. The van der Waals surface area contributed by atoms with Gasteiger partial charge in [0.2, 0.25) is 0 Å². The van der Waals surface area contributed by atoms with Gasteiger partial charge in [-0.05, 0) is 97.0 Å². The molecule has 1 amide bonds. The number of carbonyl (C=O) groups is 1. The number of amides is 1. The summed E-state index contributed by atoms with van der Waals surface area (Å²) in [7, 11) is 1.79. The Morgan fingerprint density at radius 2 is 1.65 bits per heavy atom. The molecule has 0 atom stereocenters. The van der Waals surface area contributed by atoms with Crippen molar-refractivity contribution in [3.05, 3.63) is 52.1 Å². The lowest BCUT2D eigenvalue weighted by Crippen LogP contribution is -2.31. The second kappa shape index (κ2) is 10.2. The topological polar surface area (TPSA) is 51.2 Å². The van der Waals surface area contributed by atoms with Crippen LogP contribution in [-0.4, -0.2) is 42.8 Å². The van der Waals surface area contributed by atoms with E-state index >= 15 is 0 Å². The van der Waals surface area contributed by atoms with Gasteiger partial charge in [-0.2, -0.15) is 0 Å². The third kappa shape index (κ3) is 4.85. The van der Waals surface area contributed by atoms with Gasteiger partial charge in [-0.3, -0.25) is 9.69 Å². The van der Waals surface area contributed by atoms with Gasteiger partial charge in [0.15, 0.2) is 16.6 Å². The third-order valence-corrected chi connectivity index (χ3v) is 5.64. The first-order chi connectivity index (χ1) is 14.9. The number of hydrogen-bond donors (Lipinski definition) is 0. The molecule has 1 saturated heterocycles. The molecule has 0 unspecified atom stereocenters. The number of likely N-dealkylation sites (N-methyl/N-ethyl adjacent to an activating group) is 1. The van der Waals surface area contributed by atoms with Crippen LogP contribution in [0, 0.1) is 0 Å². The lowest BCUT2D eigenvalue weighted by molar-refractivity contribution is -0.114. The summed E-state index contributed by atoms with van der Waals surface area (Å²) in [6.07, 6.45) is 1.80. The molecule has 164 valence electrons. The van der Waals surface area contributed by atoms with E-state index in [4.69, 9.17) is 26.4 Å². The average Bonchev–Trinajstić information content (AvgIpc) is 2.95. The highest BCUT2D eigenvalue weighted by Crippen LogP contribution is 2.38. The molecular weight excluding hydrogens is 480 g/mol. The number of thiocarbonyl (C=S) groups is 1. The van der Waals surface area contributed by atoms with Crippen molar-refractivity contribution < 1.29 is 19.0 Å². The standard InChI is InChI=1S/C23H25BrN2O4S/c1-5-28-17-10-8-16(9-11-17)26-22(27)19(25(4)23(26)31)13-15-12-18(24)21(30-7-3)20(14-15)29-6-2/h8-14H,5-7H2,1-4H3/b19-13-. The minimum atomic E-state index is -0.195. The lowest BCUT2D eigenvalue weighted by atomic mass is 10.1. The van der Waals surface area contributed by atoms with E-state index in [1.54, 1.807) is 18.0 Å². The first-order valence-electron chi connectivity index (χ1n) is 10.1. The number of benzene rings is 2. The number of nitrogens with zero attached hydrogens (tertiary/aromatic N) is 2. The van der Waals surface area contributed by atoms with E-state index in [1.807, 2.05) is 57.2 Å². The maximum atomic E-state index is 13.2. The fourth-order valence-corrected chi connectivity index (χ4v) is 4.08. The van der Waals surface area contributed by atoms with Crippen LogP contribution in [0.25, 0.3) is 6.08 Å². The second-order valence-electron chi connectivity index (χ2n) is 6.63. The largest absolute Gasteiger partial charge is 0.494 e. The van der Waals surface area contributed by atoms with Gasteiger partial charge in [0.1, 0.15) is 11.4 Å². The van der Waals surface area contributed by atoms with Gasteiger partial charge in [0, 0.05) is 7.05 Å². The summed E-state index contributed by atoms with van der Waals surface area (Å²) in [5.74, 6) is 1.81. The van der Waals surface area contributed by atoms with Crippen molar-refractivity contribution in [1.82, 2.24) is 4.90 Å². The van der Waals surface area contributed by atoms with Crippen LogP contribution >= 0.6 is 28.1 Å². The fraction of sp³-hybridized carbons (Fsp3) is 0.304. The van der Waals surface area contributed by atoms with Gasteiger partial charge in [-0.25, -0.2) is 0 Å². The first kappa shape index (κ1) is 23.1. The molecule has 0 saturated carbocycles. The highest BCUT2D eigenvalue weighted by molar-refractivity contribution is 9.10. The van der Waals surface area contributed by atoms with E-state index in [1.165, 1.54) is 4.90 Å². The number of ether oxygens (including phenoxy) is 3. The summed E-state index contributed by atoms with van der Waals surface area (Å²) in [6.45, 7) is 7.36. The molecule has 0 spiro atoms. The Hall–Kier alpha value is -2.58. The minimum absolute atomic E-state index is 0.195. The lowest BCUT2D eigenvalue weighted by Gasteiger charge is -2.16. The monoisotopic (exact) mass is 504 g/mol. The molecule has 0 aromatic heterocycles. The smallest absolute Gasteiger partial charge is 0.281 e. The molecule has 31 heavy (non-hydrogen) atoms. The van der Waals surface area contributed by atoms with E-state index in [0.717, 1.165) is 15.8 Å². The highest BCUT2D eigenvalue weighted by atomic mass is 79.9. The van der Waals surface area contributed by atoms with Crippen molar-refractivity contribution in [2.24, 2.45) is 0 Å². The van der Waals surface area contributed by atoms with Crippen molar-refractivity contribution in [3.63, 3.8) is 0 Å².